The number of hydrogen-bond acceptors (Lipinski definition) is 5. The summed E-state index contributed by atoms with van der Waals surface area (Å²) in [5, 5.41) is 2.68. The number of nitrogens with one attached hydrogen (secondary N) is 1. The molecule has 0 radical (unpaired) electrons. The fourth-order valence-electron chi connectivity index (χ4n) is 3.17. The lowest BCUT2D eigenvalue weighted by molar-refractivity contribution is -0.137. The number of carbonyl (C=O) groups excluding carboxylic acids is 1. The number of aromatic nitrogens is 3. The molecule has 0 unspecified atom stereocenters. The van der Waals surface area contributed by atoms with Crippen LogP contribution in [0.2, 0.25) is 0 Å². The van der Waals surface area contributed by atoms with E-state index in [4.69, 9.17) is 0 Å². The van der Waals surface area contributed by atoms with Gasteiger partial charge in [-0.05, 0) is 30.3 Å². The maximum atomic E-state index is 13.1. The lowest BCUT2D eigenvalue weighted by Crippen LogP contribution is -2.45. The summed E-state index contributed by atoms with van der Waals surface area (Å²) in [7, 11) is 1.87. The number of amides is 2. The van der Waals surface area contributed by atoms with Crippen molar-refractivity contribution in [2.45, 2.75) is 6.18 Å². The Morgan fingerprint density at radius 2 is 1.97 bits per heavy atom. The van der Waals surface area contributed by atoms with Crippen molar-refractivity contribution in [2.75, 3.05) is 35.3 Å². The van der Waals surface area contributed by atoms with Crippen molar-refractivity contribution in [3.05, 3.63) is 60.6 Å². The Morgan fingerprint density at radius 1 is 1.13 bits per heavy atom. The number of pyridine rings is 1. The van der Waals surface area contributed by atoms with Crippen molar-refractivity contribution in [3.63, 3.8) is 0 Å². The molecule has 0 atom stereocenters. The van der Waals surface area contributed by atoms with Gasteiger partial charge in [0.05, 0.1) is 16.9 Å². The third kappa shape index (κ3) is 3.88. The highest BCUT2D eigenvalue weighted by molar-refractivity contribution is 6.03. The second-order valence-corrected chi connectivity index (χ2v) is 6.72. The Labute approximate surface area is 170 Å². The molecule has 2 amide bonds. The zero-order valence-electron chi connectivity index (χ0n) is 15.9. The first-order chi connectivity index (χ1) is 14.3. The number of fused-ring (bicyclic) bond motifs is 1. The molecule has 30 heavy (non-hydrogen) atoms. The maximum absolute atomic E-state index is 13.1. The van der Waals surface area contributed by atoms with Crippen molar-refractivity contribution >= 4 is 23.4 Å². The number of anilines is 3. The van der Waals surface area contributed by atoms with Crippen molar-refractivity contribution in [1.29, 1.82) is 0 Å². The molecule has 10 heteroatoms. The Balaban J connectivity index is 1.70. The standard InChI is InChI=1S/C20H17F3N6O/c1-28-9-10-29(19(30)27-17-7-8-24-12-25-17)18-16(28)6-5-15(26-18)13-3-2-4-14(11-13)20(21,22)23/h2-8,11-12H,9-10H2,1H3,(H,24,25,27,30). The maximum Gasteiger partial charge on any atom is 0.416 e. The van der Waals surface area contributed by atoms with E-state index in [1.807, 2.05) is 11.9 Å². The summed E-state index contributed by atoms with van der Waals surface area (Å²) in [5.74, 6) is 0.703. The Kier molecular flexibility index (Phi) is 4.98. The number of benzene rings is 1. The van der Waals surface area contributed by atoms with Crippen LogP contribution in [0.5, 0.6) is 0 Å². The van der Waals surface area contributed by atoms with Crippen LogP contribution in [0.25, 0.3) is 11.3 Å². The van der Waals surface area contributed by atoms with Gasteiger partial charge in [0.15, 0.2) is 5.82 Å². The number of likely N-dealkylation sites (N-methyl/N-ethyl adjacent to an activating group) is 1. The van der Waals surface area contributed by atoms with Gasteiger partial charge in [0, 0.05) is 31.9 Å². The minimum Gasteiger partial charge on any atom is -0.370 e. The quantitative estimate of drug-likeness (QED) is 0.685. The van der Waals surface area contributed by atoms with Crippen LogP contribution in [0.3, 0.4) is 0 Å². The van der Waals surface area contributed by atoms with Gasteiger partial charge < -0.3 is 4.90 Å². The van der Waals surface area contributed by atoms with Crippen LogP contribution in [0.4, 0.5) is 35.3 Å². The Bertz CT molecular complexity index is 1070. The summed E-state index contributed by atoms with van der Waals surface area (Å²) in [6.07, 6.45) is -1.63. The van der Waals surface area contributed by atoms with E-state index >= 15 is 0 Å². The molecule has 0 spiro atoms. The Morgan fingerprint density at radius 3 is 2.70 bits per heavy atom. The molecular weight excluding hydrogens is 397 g/mol. The van der Waals surface area contributed by atoms with Gasteiger partial charge in [-0.2, -0.15) is 13.2 Å². The molecule has 0 aliphatic carbocycles. The summed E-state index contributed by atoms with van der Waals surface area (Å²) >= 11 is 0. The molecule has 3 heterocycles. The van der Waals surface area contributed by atoms with Crippen molar-refractivity contribution in [2.24, 2.45) is 0 Å². The first kappa shape index (κ1) is 19.6. The van der Waals surface area contributed by atoms with E-state index in [9.17, 15) is 18.0 Å². The smallest absolute Gasteiger partial charge is 0.370 e. The van der Waals surface area contributed by atoms with E-state index in [0.717, 1.165) is 12.1 Å². The molecule has 7 nitrogen and oxygen atoms in total. The fraction of sp³-hybridized carbons (Fsp3) is 0.200. The molecule has 1 N–H and O–H groups in total. The molecule has 154 valence electrons. The number of urea groups is 1. The van der Waals surface area contributed by atoms with E-state index in [1.165, 1.54) is 23.5 Å². The molecule has 0 saturated carbocycles. The van der Waals surface area contributed by atoms with E-state index in [2.05, 4.69) is 20.3 Å². The summed E-state index contributed by atoms with van der Waals surface area (Å²) in [5.41, 5.74) is 0.608. The molecule has 4 rings (SSSR count). The second-order valence-electron chi connectivity index (χ2n) is 6.72. The van der Waals surface area contributed by atoms with Crippen LogP contribution in [-0.4, -0.2) is 41.1 Å². The molecule has 0 saturated heterocycles. The lowest BCUT2D eigenvalue weighted by Gasteiger charge is -2.34. The number of alkyl halides is 3. The largest absolute Gasteiger partial charge is 0.416 e. The fourth-order valence-corrected chi connectivity index (χ4v) is 3.17. The normalized spacial score (nSPS) is 13.7. The van der Waals surface area contributed by atoms with Gasteiger partial charge in [-0.1, -0.05) is 12.1 Å². The highest BCUT2D eigenvalue weighted by Crippen LogP contribution is 2.35. The van der Waals surface area contributed by atoms with Crippen molar-refractivity contribution in [3.8, 4) is 11.3 Å². The molecule has 3 aromatic rings. The molecule has 0 fully saturated rings. The van der Waals surface area contributed by atoms with E-state index < -0.39 is 17.8 Å². The van der Waals surface area contributed by atoms with Gasteiger partial charge in [0.2, 0.25) is 0 Å². The highest BCUT2D eigenvalue weighted by Gasteiger charge is 2.31. The van der Waals surface area contributed by atoms with Crippen LogP contribution in [0.1, 0.15) is 5.56 Å². The molecule has 1 aromatic carbocycles. The monoisotopic (exact) mass is 414 g/mol. The van der Waals surface area contributed by atoms with Crippen LogP contribution < -0.4 is 15.1 Å². The average Bonchev–Trinajstić information content (AvgIpc) is 2.74. The number of halogens is 3. The minimum absolute atomic E-state index is 0.317. The van der Waals surface area contributed by atoms with Gasteiger partial charge in [-0.3, -0.25) is 10.2 Å². The summed E-state index contributed by atoms with van der Waals surface area (Å²) in [4.78, 5) is 28.5. The van der Waals surface area contributed by atoms with Gasteiger partial charge in [-0.15, -0.1) is 0 Å². The molecule has 1 aliphatic heterocycles. The van der Waals surface area contributed by atoms with Gasteiger partial charge >= 0.3 is 12.2 Å². The lowest BCUT2D eigenvalue weighted by atomic mass is 10.1. The van der Waals surface area contributed by atoms with Gasteiger partial charge in [0.25, 0.3) is 0 Å². The first-order valence-corrected chi connectivity index (χ1v) is 9.07. The van der Waals surface area contributed by atoms with Crippen LogP contribution >= 0.6 is 0 Å². The number of nitrogens with zero attached hydrogens (tertiary/aromatic N) is 5. The number of hydrogen-bond donors (Lipinski definition) is 1. The molecule has 2 aromatic heterocycles. The topological polar surface area (TPSA) is 74.2 Å². The predicted molar refractivity (Wildman–Crippen MR) is 106 cm³/mol. The third-order valence-electron chi connectivity index (χ3n) is 4.73. The average molecular weight is 414 g/mol. The molecule has 1 aliphatic rings. The van der Waals surface area contributed by atoms with Crippen LogP contribution in [0, 0.1) is 0 Å². The van der Waals surface area contributed by atoms with E-state index in [-0.39, 0.29) is 0 Å². The second kappa shape index (κ2) is 7.62. The zero-order chi connectivity index (χ0) is 21.3. The zero-order valence-corrected chi connectivity index (χ0v) is 15.9. The van der Waals surface area contributed by atoms with E-state index in [1.54, 1.807) is 24.3 Å². The third-order valence-corrected chi connectivity index (χ3v) is 4.73. The molecule has 0 bridgehead atoms. The summed E-state index contributed by atoms with van der Waals surface area (Å²) < 4.78 is 39.3. The van der Waals surface area contributed by atoms with Crippen molar-refractivity contribution in [1.82, 2.24) is 15.0 Å². The summed E-state index contributed by atoms with van der Waals surface area (Å²) in [6, 6.07) is 9.48. The van der Waals surface area contributed by atoms with Gasteiger partial charge in [-0.25, -0.2) is 19.7 Å². The van der Waals surface area contributed by atoms with Crippen LogP contribution in [0.15, 0.2) is 55.0 Å². The highest BCUT2D eigenvalue weighted by atomic mass is 19.4. The minimum atomic E-state index is -4.45. The first-order valence-electron chi connectivity index (χ1n) is 9.07. The SMILES string of the molecule is CN1CCN(C(=O)Nc2ccncn2)c2nc(-c3cccc(C(F)(F)F)c3)ccc21. The van der Waals surface area contributed by atoms with Gasteiger partial charge in [0.1, 0.15) is 12.1 Å². The number of rotatable bonds is 2. The van der Waals surface area contributed by atoms with Crippen molar-refractivity contribution < 1.29 is 18.0 Å². The Hall–Kier alpha value is -3.69. The summed E-state index contributed by atoms with van der Waals surface area (Å²) in [6.45, 7) is 0.939. The molecular formula is C20H17F3N6O. The van der Waals surface area contributed by atoms with E-state index in [0.29, 0.717) is 41.7 Å². The number of carbonyl (C=O) groups is 1. The van der Waals surface area contributed by atoms with Crippen LogP contribution in [-0.2, 0) is 6.18 Å². The predicted octanol–water partition coefficient (Wildman–Crippen LogP) is 4.05.